The first kappa shape index (κ1) is 10.1. The molecule has 1 unspecified atom stereocenters. The zero-order valence-corrected chi connectivity index (χ0v) is 9.11. The number of rotatable bonds is 2. The minimum atomic E-state index is 0.353. The molecular weight excluding hydrogens is 221 g/mol. The molecular formula is C10H11Cl2NO. The van der Waals surface area contributed by atoms with Gasteiger partial charge in [0, 0.05) is 6.61 Å². The van der Waals surface area contributed by atoms with E-state index in [1.54, 1.807) is 6.07 Å². The molecule has 1 aliphatic rings. The van der Waals surface area contributed by atoms with Crippen molar-refractivity contribution in [2.75, 3.05) is 18.5 Å². The Bertz CT molecular complexity index is 324. The highest BCUT2D eigenvalue weighted by atomic mass is 35.5. The van der Waals surface area contributed by atoms with Crippen molar-refractivity contribution >= 4 is 28.9 Å². The highest BCUT2D eigenvalue weighted by molar-refractivity contribution is 6.43. The predicted molar refractivity (Wildman–Crippen MR) is 59.3 cm³/mol. The van der Waals surface area contributed by atoms with E-state index in [9.17, 15) is 0 Å². The van der Waals surface area contributed by atoms with Crippen LogP contribution in [0.15, 0.2) is 18.2 Å². The van der Waals surface area contributed by atoms with Gasteiger partial charge in [-0.2, -0.15) is 0 Å². The van der Waals surface area contributed by atoms with Gasteiger partial charge in [-0.05, 0) is 18.6 Å². The minimum Gasteiger partial charge on any atom is -0.379 e. The van der Waals surface area contributed by atoms with Gasteiger partial charge in [-0.1, -0.05) is 29.3 Å². The van der Waals surface area contributed by atoms with Crippen LogP contribution in [0.5, 0.6) is 0 Å². The molecule has 0 spiro atoms. The van der Waals surface area contributed by atoms with Gasteiger partial charge in [0.1, 0.15) is 0 Å². The summed E-state index contributed by atoms with van der Waals surface area (Å²) in [5, 5.41) is 4.47. The SMILES string of the molecule is Clc1cccc(NC2CCOC2)c1Cl. The van der Waals surface area contributed by atoms with Crippen molar-refractivity contribution in [1.29, 1.82) is 0 Å². The van der Waals surface area contributed by atoms with Crippen LogP contribution in [0.25, 0.3) is 0 Å². The second kappa shape index (κ2) is 4.39. The van der Waals surface area contributed by atoms with E-state index < -0.39 is 0 Å². The van der Waals surface area contributed by atoms with E-state index >= 15 is 0 Å². The maximum atomic E-state index is 6.04. The standard InChI is InChI=1S/C10H11Cl2NO/c11-8-2-1-3-9(10(8)12)13-7-4-5-14-6-7/h1-3,7,13H,4-6H2. The molecule has 1 heterocycles. The Balaban J connectivity index is 2.11. The lowest BCUT2D eigenvalue weighted by Crippen LogP contribution is -2.19. The number of benzene rings is 1. The van der Waals surface area contributed by atoms with Crippen molar-refractivity contribution in [1.82, 2.24) is 0 Å². The third-order valence-electron chi connectivity index (χ3n) is 2.24. The van der Waals surface area contributed by atoms with Gasteiger partial charge in [0.05, 0.1) is 28.4 Å². The van der Waals surface area contributed by atoms with Crippen LogP contribution in [0.1, 0.15) is 6.42 Å². The summed E-state index contributed by atoms with van der Waals surface area (Å²) in [5.41, 5.74) is 0.884. The van der Waals surface area contributed by atoms with E-state index in [1.807, 2.05) is 12.1 Å². The van der Waals surface area contributed by atoms with Crippen LogP contribution in [-0.4, -0.2) is 19.3 Å². The first-order valence-electron chi connectivity index (χ1n) is 4.55. The van der Waals surface area contributed by atoms with E-state index in [1.165, 1.54) is 0 Å². The van der Waals surface area contributed by atoms with Crippen molar-refractivity contribution in [3.05, 3.63) is 28.2 Å². The Kier molecular flexibility index (Phi) is 3.16. The Labute approximate surface area is 93.2 Å². The summed E-state index contributed by atoms with van der Waals surface area (Å²) in [5.74, 6) is 0. The summed E-state index contributed by atoms with van der Waals surface area (Å²) in [6.45, 7) is 1.55. The molecule has 2 rings (SSSR count). The maximum Gasteiger partial charge on any atom is 0.0823 e. The fourth-order valence-electron chi connectivity index (χ4n) is 1.48. The first-order chi connectivity index (χ1) is 6.77. The maximum absolute atomic E-state index is 6.04. The Morgan fingerprint density at radius 2 is 2.21 bits per heavy atom. The van der Waals surface area contributed by atoms with Crippen LogP contribution in [0, 0.1) is 0 Å². The van der Waals surface area contributed by atoms with Crippen molar-refractivity contribution in [3.8, 4) is 0 Å². The second-order valence-corrected chi connectivity index (χ2v) is 4.09. The van der Waals surface area contributed by atoms with E-state index in [0.717, 1.165) is 25.3 Å². The van der Waals surface area contributed by atoms with Gasteiger partial charge in [-0.15, -0.1) is 0 Å². The molecule has 2 nitrogen and oxygen atoms in total. The Hall–Kier alpha value is -0.440. The summed E-state index contributed by atoms with van der Waals surface area (Å²) in [6, 6.07) is 5.94. The molecule has 0 radical (unpaired) electrons. The molecule has 14 heavy (non-hydrogen) atoms. The van der Waals surface area contributed by atoms with Crippen LogP contribution in [-0.2, 0) is 4.74 Å². The molecule has 4 heteroatoms. The lowest BCUT2D eigenvalue weighted by molar-refractivity contribution is 0.195. The number of hydrogen-bond acceptors (Lipinski definition) is 2. The third kappa shape index (κ3) is 2.14. The molecule has 0 amide bonds. The van der Waals surface area contributed by atoms with Crippen LogP contribution >= 0.6 is 23.2 Å². The van der Waals surface area contributed by atoms with Gasteiger partial charge in [0.25, 0.3) is 0 Å². The molecule has 1 saturated heterocycles. The Morgan fingerprint density at radius 1 is 1.36 bits per heavy atom. The number of ether oxygens (including phenoxy) is 1. The largest absolute Gasteiger partial charge is 0.379 e. The number of hydrogen-bond donors (Lipinski definition) is 1. The number of halogens is 2. The summed E-state index contributed by atoms with van der Waals surface area (Å²) in [4.78, 5) is 0. The second-order valence-electron chi connectivity index (χ2n) is 3.31. The van der Waals surface area contributed by atoms with Crippen molar-refractivity contribution in [2.45, 2.75) is 12.5 Å². The van der Waals surface area contributed by atoms with Gasteiger partial charge < -0.3 is 10.1 Å². The molecule has 0 aliphatic carbocycles. The smallest absolute Gasteiger partial charge is 0.0823 e. The van der Waals surface area contributed by atoms with E-state index in [-0.39, 0.29) is 0 Å². The van der Waals surface area contributed by atoms with Gasteiger partial charge >= 0.3 is 0 Å². The summed E-state index contributed by atoms with van der Waals surface area (Å²) in [6.07, 6.45) is 1.02. The predicted octanol–water partition coefficient (Wildman–Crippen LogP) is 3.19. The molecule has 76 valence electrons. The van der Waals surface area contributed by atoms with Crippen molar-refractivity contribution in [2.24, 2.45) is 0 Å². The fraction of sp³-hybridized carbons (Fsp3) is 0.400. The highest BCUT2D eigenvalue weighted by Crippen LogP contribution is 2.30. The van der Waals surface area contributed by atoms with Gasteiger partial charge in [0.15, 0.2) is 0 Å². The summed E-state index contributed by atoms with van der Waals surface area (Å²) in [7, 11) is 0. The average Bonchev–Trinajstić information content (AvgIpc) is 2.66. The van der Waals surface area contributed by atoms with Gasteiger partial charge in [-0.3, -0.25) is 0 Å². The van der Waals surface area contributed by atoms with E-state index in [0.29, 0.717) is 16.1 Å². The summed E-state index contributed by atoms with van der Waals surface area (Å²) >= 11 is 11.9. The number of nitrogens with one attached hydrogen (secondary N) is 1. The Morgan fingerprint density at radius 3 is 2.93 bits per heavy atom. The lowest BCUT2D eigenvalue weighted by Gasteiger charge is -2.13. The highest BCUT2D eigenvalue weighted by Gasteiger charge is 2.16. The first-order valence-corrected chi connectivity index (χ1v) is 5.31. The molecule has 0 aromatic heterocycles. The molecule has 1 fully saturated rings. The normalized spacial score (nSPS) is 21.1. The molecule has 1 aromatic rings. The molecule has 0 saturated carbocycles. The molecule has 1 N–H and O–H groups in total. The lowest BCUT2D eigenvalue weighted by atomic mass is 10.2. The van der Waals surface area contributed by atoms with Crippen LogP contribution < -0.4 is 5.32 Å². The third-order valence-corrected chi connectivity index (χ3v) is 3.06. The molecule has 1 aromatic carbocycles. The molecule has 1 atom stereocenters. The van der Waals surface area contributed by atoms with Gasteiger partial charge in [0.2, 0.25) is 0 Å². The topological polar surface area (TPSA) is 21.3 Å². The zero-order valence-electron chi connectivity index (χ0n) is 7.59. The van der Waals surface area contributed by atoms with Crippen LogP contribution in [0.2, 0.25) is 10.0 Å². The number of anilines is 1. The minimum absolute atomic E-state index is 0.353. The summed E-state index contributed by atoms with van der Waals surface area (Å²) < 4.78 is 5.26. The molecule has 0 bridgehead atoms. The van der Waals surface area contributed by atoms with Gasteiger partial charge in [-0.25, -0.2) is 0 Å². The fourth-order valence-corrected chi connectivity index (χ4v) is 1.84. The van der Waals surface area contributed by atoms with E-state index in [4.69, 9.17) is 27.9 Å². The van der Waals surface area contributed by atoms with E-state index in [2.05, 4.69) is 5.32 Å². The van der Waals surface area contributed by atoms with Crippen LogP contribution in [0.3, 0.4) is 0 Å². The molecule has 1 aliphatic heterocycles. The van der Waals surface area contributed by atoms with Crippen molar-refractivity contribution in [3.63, 3.8) is 0 Å². The monoisotopic (exact) mass is 231 g/mol. The quantitative estimate of drug-likeness (QED) is 0.845. The van der Waals surface area contributed by atoms with Crippen molar-refractivity contribution < 1.29 is 4.74 Å². The zero-order chi connectivity index (χ0) is 9.97. The average molecular weight is 232 g/mol. The van der Waals surface area contributed by atoms with Crippen LogP contribution in [0.4, 0.5) is 5.69 Å².